The van der Waals surface area contributed by atoms with Gasteiger partial charge >= 0.3 is 0 Å². The summed E-state index contributed by atoms with van der Waals surface area (Å²) in [5, 5.41) is 10.2. The van der Waals surface area contributed by atoms with E-state index in [1.165, 1.54) is 47.9 Å². The molecule has 1 unspecified atom stereocenters. The molecule has 3 aromatic heterocycles. The fourth-order valence-corrected chi connectivity index (χ4v) is 6.43. The molecule has 0 aliphatic heterocycles. The van der Waals surface area contributed by atoms with E-state index < -0.39 is 0 Å². The summed E-state index contributed by atoms with van der Waals surface area (Å²) in [5.74, 6) is 3.89. The van der Waals surface area contributed by atoms with Crippen LogP contribution in [-0.2, 0) is 18.6 Å². The van der Waals surface area contributed by atoms with Crippen LogP contribution >= 0.6 is 23.1 Å². The molecule has 2 aliphatic rings. The number of fused-ring (bicyclic) bond motifs is 3. The van der Waals surface area contributed by atoms with Crippen molar-refractivity contribution in [1.82, 2.24) is 20.2 Å². The molecule has 28 heavy (non-hydrogen) atoms. The standard InChI is InChI=1S/C20H25N5OS2/c1-11-7-8-13-14(9-11)28-19-16(13)17(21)22-15(23-19)10-27-20-25-24-18(26-20)12-5-3-2-4-6-12/h11-12H,2-10H2,1H3,(H2,21,22,23). The van der Waals surface area contributed by atoms with E-state index in [0.29, 0.717) is 22.7 Å². The summed E-state index contributed by atoms with van der Waals surface area (Å²) in [4.78, 5) is 11.8. The number of rotatable bonds is 4. The number of aryl methyl sites for hydroxylation is 1. The first kappa shape index (κ1) is 18.4. The van der Waals surface area contributed by atoms with Crippen molar-refractivity contribution in [1.29, 1.82) is 0 Å². The Kier molecular flexibility index (Phi) is 5.00. The fourth-order valence-electron chi connectivity index (χ4n) is 4.40. The number of thiophene rings is 1. The van der Waals surface area contributed by atoms with Crippen molar-refractivity contribution in [2.45, 2.75) is 75.2 Å². The molecular weight excluding hydrogens is 390 g/mol. The van der Waals surface area contributed by atoms with Gasteiger partial charge in [0.1, 0.15) is 16.5 Å². The van der Waals surface area contributed by atoms with E-state index in [2.05, 4.69) is 22.1 Å². The molecule has 1 atom stereocenters. The van der Waals surface area contributed by atoms with Gasteiger partial charge in [0.2, 0.25) is 5.89 Å². The summed E-state index contributed by atoms with van der Waals surface area (Å²) in [6.07, 6.45) is 9.58. The van der Waals surface area contributed by atoms with E-state index in [1.807, 2.05) is 0 Å². The van der Waals surface area contributed by atoms with Crippen LogP contribution in [0.5, 0.6) is 0 Å². The number of nitrogens with zero attached hydrogens (tertiary/aromatic N) is 4. The molecule has 3 heterocycles. The molecule has 0 spiro atoms. The zero-order chi connectivity index (χ0) is 19.1. The summed E-state index contributed by atoms with van der Waals surface area (Å²) < 4.78 is 5.90. The number of aromatic nitrogens is 4. The topological polar surface area (TPSA) is 90.7 Å². The van der Waals surface area contributed by atoms with Gasteiger partial charge in [0.15, 0.2) is 0 Å². The van der Waals surface area contributed by atoms with E-state index >= 15 is 0 Å². The molecule has 2 N–H and O–H groups in total. The molecule has 0 bridgehead atoms. The van der Waals surface area contributed by atoms with Crippen LogP contribution in [0.15, 0.2) is 9.64 Å². The molecule has 0 saturated heterocycles. The maximum absolute atomic E-state index is 6.33. The SMILES string of the molecule is CC1CCc2c(sc3nc(CSc4nnc(C5CCCCC5)o4)nc(N)c23)C1. The quantitative estimate of drug-likeness (QED) is 0.591. The Bertz CT molecular complexity index is 992. The first-order valence-electron chi connectivity index (χ1n) is 10.2. The molecule has 0 aromatic carbocycles. The molecule has 0 radical (unpaired) electrons. The summed E-state index contributed by atoms with van der Waals surface area (Å²) >= 11 is 3.28. The number of nitrogen functional groups attached to an aromatic ring is 1. The number of hydrogen-bond donors (Lipinski definition) is 1. The van der Waals surface area contributed by atoms with Gasteiger partial charge in [-0.3, -0.25) is 0 Å². The maximum atomic E-state index is 6.33. The van der Waals surface area contributed by atoms with Crippen LogP contribution in [0.25, 0.3) is 10.2 Å². The van der Waals surface area contributed by atoms with Crippen molar-refractivity contribution < 1.29 is 4.42 Å². The van der Waals surface area contributed by atoms with Gasteiger partial charge in [0.25, 0.3) is 5.22 Å². The van der Waals surface area contributed by atoms with Crippen molar-refractivity contribution in [3.05, 3.63) is 22.2 Å². The zero-order valence-corrected chi connectivity index (χ0v) is 17.7. The Morgan fingerprint density at radius 1 is 1.14 bits per heavy atom. The van der Waals surface area contributed by atoms with Crippen molar-refractivity contribution in [2.75, 3.05) is 5.73 Å². The van der Waals surface area contributed by atoms with Crippen LogP contribution in [0.1, 0.15) is 73.5 Å². The van der Waals surface area contributed by atoms with Gasteiger partial charge in [-0.25, -0.2) is 9.97 Å². The molecular formula is C20H25N5OS2. The van der Waals surface area contributed by atoms with E-state index in [4.69, 9.17) is 15.1 Å². The largest absolute Gasteiger partial charge is 0.416 e. The normalized spacial score (nSPS) is 20.5. The Labute approximate surface area is 172 Å². The monoisotopic (exact) mass is 415 g/mol. The molecule has 6 nitrogen and oxygen atoms in total. The second-order valence-electron chi connectivity index (χ2n) is 8.09. The van der Waals surface area contributed by atoms with Crippen LogP contribution < -0.4 is 5.73 Å². The lowest BCUT2D eigenvalue weighted by Gasteiger charge is -2.17. The minimum Gasteiger partial charge on any atom is -0.416 e. The highest BCUT2D eigenvalue weighted by atomic mass is 32.2. The average Bonchev–Trinajstić information content (AvgIpc) is 3.31. The molecule has 1 saturated carbocycles. The number of hydrogen-bond acceptors (Lipinski definition) is 8. The number of thioether (sulfide) groups is 1. The summed E-state index contributed by atoms with van der Waals surface area (Å²) in [6.45, 7) is 2.32. The zero-order valence-electron chi connectivity index (χ0n) is 16.1. The molecule has 8 heteroatoms. The Morgan fingerprint density at radius 2 is 2.00 bits per heavy atom. The fraction of sp³-hybridized carbons (Fsp3) is 0.600. The van der Waals surface area contributed by atoms with Crippen LogP contribution in [0, 0.1) is 5.92 Å². The second kappa shape index (κ2) is 7.63. The van der Waals surface area contributed by atoms with Gasteiger partial charge in [0.05, 0.1) is 11.1 Å². The molecule has 5 rings (SSSR count). The van der Waals surface area contributed by atoms with Gasteiger partial charge < -0.3 is 10.2 Å². The Morgan fingerprint density at radius 3 is 2.86 bits per heavy atom. The predicted octanol–water partition coefficient (Wildman–Crippen LogP) is 5.12. The highest BCUT2D eigenvalue weighted by Gasteiger charge is 2.24. The smallest absolute Gasteiger partial charge is 0.277 e. The summed E-state index contributed by atoms with van der Waals surface area (Å²) in [5.41, 5.74) is 7.70. The van der Waals surface area contributed by atoms with Crippen LogP contribution in [0.3, 0.4) is 0 Å². The maximum Gasteiger partial charge on any atom is 0.277 e. The molecule has 0 amide bonds. The average molecular weight is 416 g/mol. The third-order valence-corrected chi connectivity index (χ3v) is 7.89. The Balaban J connectivity index is 1.32. The van der Waals surface area contributed by atoms with Crippen LogP contribution in [0.4, 0.5) is 5.82 Å². The minimum atomic E-state index is 0.429. The molecule has 1 fully saturated rings. The molecule has 2 aliphatic carbocycles. The highest BCUT2D eigenvalue weighted by Crippen LogP contribution is 2.39. The lowest BCUT2D eigenvalue weighted by atomic mass is 9.89. The summed E-state index contributed by atoms with van der Waals surface area (Å²) in [6, 6.07) is 0. The third kappa shape index (κ3) is 3.52. The highest BCUT2D eigenvalue weighted by molar-refractivity contribution is 7.98. The van der Waals surface area contributed by atoms with Gasteiger partial charge in [-0.2, -0.15) is 0 Å². The number of anilines is 1. The molecule has 3 aromatic rings. The first-order valence-corrected chi connectivity index (χ1v) is 12.0. The second-order valence-corrected chi connectivity index (χ2v) is 10.1. The molecule has 148 valence electrons. The van der Waals surface area contributed by atoms with E-state index in [-0.39, 0.29) is 0 Å². The third-order valence-electron chi connectivity index (χ3n) is 5.93. The Hall–Kier alpha value is -1.67. The van der Waals surface area contributed by atoms with Crippen molar-refractivity contribution in [3.8, 4) is 0 Å². The van der Waals surface area contributed by atoms with Gasteiger partial charge in [-0.05, 0) is 43.6 Å². The lowest BCUT2D eigenvalue weighted by molar-refractivity contribution is 0.334. The first-order chi connectivity index (χ1) is 13.7. The van der Waals surface area contributed by atoms with Crippen molar-refractivity contribution >= 4 is 39.1 Å². The minimum absolute atomic E-state index is 0.429. The summed E-state index contributed by atoms with van der Waals surface area (Å²) in [7, 11) is 0. The number of nitrogens with two attached hydrogens (primary N) is 1. The van der Waals surface area contributed by atoms with Crippen LogP contribution in [-0.4, -0.2) is 20.2 Å². The predicted molar refractivity (Wildman–Crippen MR) is 113 cm³/mol. The van der Waals surface area contributed by atoms with Crippen LogP contribution in [0.2, 0.25) is 0 Å². The van der Waals surface area contributed by atoms with Gasteiger partial charge in [-0.15, -0.1) is 21.5 Å². The van der Waals surface area contributed by atoms with Gasteiger partial charge in [-0.1, -0.05) is 37.9 Å². The van der Waals surface area contributed by atoms with E-state index in [9.17, 15) is 0 Å². The van der Waals surface area contributed by atoms with Gasteiger partial charge in [0, 0.05) is 10.8 Å². The van der Waals surface area contributed by atoms with Crippen molar-refractivity contribution in [2.24, 2.45) is 5.92 Å². The van der Waals surface area contributed by atoms with E-state index in [1.54, 1.807) is 11.3 Å². The van der Waals surface area contributed by atoms with E-state index in [0.717, 1.165) is 53.5 Å². The van der Waals surface area contributed by atoms with Crippen molar-refractivity contribution in [3.63, 3.8) is 0 Å². The lowest BCUT2D eigenvalue weighted by Crippen LogP contribution is -2.09.